The molecule has 8 heteroatoms. The molecule has 5 nitrogen and oxygen atoms in total. The van der Waals surface area contributed by atoms with Crippen LogP contribution in [0.2, 0.25) is 10.2 Å². The van der Waals surface area contributed by atoms with Crippen LogP contribution in [0.15, 0.2) is 36.4 Å². The summed E-state index contributed by atoms with van der Waals surface area (Å²) in [6.45, 7) is 8.01. The van der Waals surface area contributed by atoms with E-state index in [0.717, 1.165) is 11.2 Å². The zero-order valence-corrected chi connectivity index (χ0v) is 17.0. The summed E-state index contributed by atoms with van der Waals surface area (Å²) in [6.07, 6.45) is 0. The van der Waals surface area contributed by atoms with Gasteiger partial charge in [-0.3, -0.25) is 0 Å². The highest BCUT2D eigenvalue weighted by atomic mass is 35.5. The maximum Gasteiger partial charge on any atom is 0.494 e. The topological polar surface area (TPSA) is 56.5 Å². The van der Waals surface area contributed by atoms with E-state index in [-0.39, 0.29) is 5.75 Å². The molecule has 1 N–H and O–H groups in total. The van der Waals surface area contributed by atoms with Crippen LogP contribution < -0.4 is 5.46 Å². The van der Waals surface area contributed by atoms with E-state index in [9.17, 15) is 5.11 Å². The third-order valence-corrected chi connectivity index (χ3v) is 5.97. The Hall–Kier alpha value is -1.73. The van der Waals surface area contributed by atoms with Gasteiger partial charge in [0.25, 0.3) is 0 Å². The fourth-order valence-corrected chi connectivity index (χ4v) is 3.56. The Morgan fingerprint density at radius 2 is 1.59 bits per heavy atom. The summed E-state index contributed by atoms with van der Waals surface area (Å²) in [5, 5.41) is 15.6. The monoisotopic (exact) mass is 404 g/mol. The van der Waals surface area contributed by atoms with Gasteiger partial charge in [0, 0.05) is 5.39 Å². The second kappa shape index (κ2) is 6.14. The summed E-state index contributed by atoms with van der Waals surface area (Å²) in [5.41, 5.74) is 1.22. The molecule has 0 atom stereocenters. The number of aromatic hydroxyl groups is 1. The van der Waals surface area contributed by atoms with E-state index in [4.69, 9.17) is 32.5 Å². The van der Waals surface area contributed by atoms with Crippen molar-refractivity contribution in [2.24, 2.45) is 0 Å². The molecule has 0 spiro atoms. The number of phenols is 1. The molecule has 140 valence electrons. The lowest BCUT2D eigenvalue weighted by atomic mass is 9.78. The van der Waals surface area contributed by atoms with Crippen molar-refractivity contribution in [2.45, 2.75) is 38.9 Å². The highest BCUT2D eigenvalue weighted by Crippen LogP contribution is 2.37. The minimum atomic E-state index is -0.537. The summed E-state index contributed by atoms with van der Waals surface area (Å²) in [6, 6.07) is 10.3. The Kier molecular flexibility index (Phi) is 4.24. The first-order valence-corrected chi connectivity index (χ1v) is 9.37. The van der Waals surface area contributed by atoms with Gasteiger partial charge >= 0.3 is 7.12 Å². The number of benzene rings is 2. The van der Waals surface area contributed by atoms with Crippen LogP contribution in [0.5, 0.6) is 5.75 Å². The fraction of sp³-hybridized carbons (Fsp3) is 0.316. The molecule has 2 heterocycles. The highest BCUT2D eigenvalue weighted by Gasteiger charge is 2.51. The maximum atomic E-state index is 9.49. The molecule has 1 saturated heterocycles. The lowest BCUT2D eigenvalue weighted by Crippen LogP contribution is -2.41. The largest absolute Gasteiger partial charge is 0.508 e. The Balaban J connectivity index is 1.80. The van der Waals surface area contributed by atoms with Crippen LogP contribution in [0.1, 0.15) is 27.7 Å². The summed E-state index contributed by atoms with van der Waals surface area (Å²) in [4.78, 5) is 0. The molecule has 0 bridgehead atoms. The van der Waals surface area contributed by atoms with E-state index in [1.165, 1.54) is 0 Å². The van der Waals surface area contributed by atoms with E-state index in [2.05, 4.69) is 5.10 Å². The van der Waals surface area contributed by atoms with Crippen LogP contribution in [-0.4, -0.2) is 33.2 Å². The van der Waals surface area contributed by atoms with Crippen molar-refractivity contribution in [3.05, 3.63) is 46.6 Å². The van der Waals surface area contributed by atoms with E-state index >= 15 is 0 Å². The van der Waals surface area contributed by atoms with Crippen molar-refractivity contribution in [2.75, 3.05) is 0 Å². The van der Waals surface area contributed by atoms with Crippen molar-refractivity contribution < 1.29 is 14.4 Å². The first-order chi connectivity index (χ1) is 12.6. The molecule has 0 aliphatic carbocycles. The zero-order valence-electron chi connectivity index (χ0n) is 15.5. The average Bonchev–Trinajstić information content (AvgIpc) is 3.03. The van der Waals surface area contributed by atoms with Crippen LogP contribution >= 0.6 is 23.2 Å². The smallest absolute Gasteiger partial charge is 0.494 e. The van der Waals surface area contributed by atoms with Gasteiger partial charge in [-0.2, -0.15) is 5.10 Å². The SMILES string of the molecule is CC1(C)OB(c2cc(Cl)c3nn(-c4ccc(O)cc4)c(Cl)c3c2)OC1(C)C. The number of phenolic OH excluding ortho intramolecular Hbond substituents is 1. The predicted octanol–water partition coefficient (Wildman–Crippen LogP) is 4.34. The Morgan fingerprint density at radius 1 is 1.00 bits per heavy atom. The van der Waals surface area contributed by atoms with Gasteiger partial charge in [-0.15, -0.1) is 0 Å². The molecule has 0 radical (unpaired) electrons. The molecule has 1 aromatic heterocycles. The fourth-order valence-electron chi connectivity index (χ4n) is 3.02. The molecule has 27 heavy (non-hydrogen) atoms. The van der Waals surface area contributed by atoms with E-state index < -0.39 is 18.3 Å². The molecule has 2 aromatic carbocycles. The van der Waals surface area contributed by atoms with Gasteiger partial charge in [0.2, 0.25) is 0 Å². The zero-order chi connectivity index (χ0) is 19.6. The number of aromatic nitrogens is 2. The highest BCUT2D eigenvalue weighted by molar-refractivity contribution is 6.63. The van der Waals surface area contributed by atoms with Crippen LogP contribution in [0.25, 0.3) is 16.6 Å². The summed E-state index contributed by atoms with van der Waals surface area (Å²) in [5.74, 6) is 0.174. The molecule has 3 aromatic rings. The lowest BCUT2D eigenvalue weighted by Gasteiger charge is -2.32. The number of rotatable bonds is 2. The van der Waals surface area contributed by atoms with Crippen LogP contribution in [-0.2, 0) is 9.31 Å². The molecular weight excluding hydrogens is 386 g/mol. The molecule has 1 aliphatic heterocycles. The quantitative estimate of drug-likeness (QED) is 0.645. The summed E-state index contributed by atoms with van der Waals surface area (Å²) < 4.78 is 13.8. The summed E-state index contributed by atoms with van der Waals surface area (Å²) >= 11 is 13.1. The van der Waals surface area contributed by atoms with E-state index in [0.29, 0.717) is 21.1 Å². The third kappa shape index (κ3) is 3.01. The standard InChI is InChI=1S/C19H19BCl2N2O3/c1-18(2)19(3,4)27-20(26-18)11-9-14-16(15(21)10-11)23-24(17(14)22)12-5-7-13(25)8-6-12/h5-10,25H,1-4H3. The van der Waals surface area contributed by atoms with Crippen molar-refractivity contribution in [1.29, 1.82) is 0 Å². The lowest BCUT2D eigenvalue weighted by molar-refractivity contribution is 0.00578. The van der Waals surface area contributed by atoms with E-state index in [1.54, 1.807) is 35.0 Å². The number of hydrogen-bond donors (Lipinski definition) is 1. The van der Waals surface area contributed by atoms with Gasteiger partial charge in [-0.05, 0) is 69.6 Å². The van der Waals surface area contributed by atoms with Crippen LogP contribution in [0, 0.1) is 0 Å². The number of halogens is 2. The number of fused-ring (bicyclic) bond motifs is 1. The van der Waals surface area contributed by atoms with Crippen molar-refractivity contribution in [1.82, 2.24) is 9.78 Å². The molecule has 1 aliphatic rings. The molecule has 0 unspecified atom stereocenters. The Bertz CT molecular complexity index is 1020. The minimum absolute atomic E-state index is 0.174. The third-order valence-electron chi connectivity index (χ3n) is 5.31. The van der Waals surface area contributed by atoms with Gasteiger partial charge in [0.1, 0.15) is 16.4 Å². The van der Waals surface area contributed by atoms with Gasteiger partial charge < -0.3 is 14.4 Å². The number of hydrogen-bond acceptors (Lipinski definition) is 4. The van der Waals surface area contributed by atoms with Gasteiger partial charge in [-0.25, -0.2) is 4.68 Å². The molecule has 4 rings (SSSR count). The predicted molar refractivity (Wildman–Crippen MR) is 108 cm³/mol. The van der Waals surface area contributed by atoms with Crippen LogP contribution in [0.3, 0.4) is 0 Å². The van der Waals surface area contributed by atoms with Crippen molar-refractivity contribution in [3.63, 3.8) is 0 Å². The molecular formula is C19H19BCl2N2O3. The van der Waals surface area contributed by atoms with Crippen LogP contribution in [0.4, 0.5) is 0 Å². The van der Waals surface area contributed by atoms with Crippen molar-refractivity contribution in [3.8, 4) is 11.4 Å². The summed E-state index contributed by atoms with van der Waals surface area (Å²) in [7, 11) is -0.537. The second-order valence-electron chi connectivity index (χ2n) is 7.71. The van der Waals surface area contributed by atoms with Gasteiger partial charge in [0.05, 0.1) is 21.9 Å². The minimum Gasteiger partial charge on any atom is -0.508 e. The Morgan fingerprint density at radius 3 is 2.19 bits per heavy atom. The van der Waals surface area contributed by atoms with Crippen molar-refractivity contribution >= 4 is 46.7 Å². The number of nitrogens with zero attached hydrogens (tertiary/aromatic N) is 2. The Labute approximate surface area is 167 Å². The molecule has 0 saturated carbocycles. The van der Waals surface area contributed by atoms with Gasteiger partial charge in [0.15, 0.2) is 0 Å². The second-order valence-corrected chi connectivity index (χ2v) is 8.47. The average molecular weight is 405 g/mol. The molecule has 1 fully saturated rings. The molecule has 0 amide bonds. The maximum absolute atomic E-state index is 9.49. The first kappa shape index (κ1) is 18.6. The first-order valence-electron chi connectivity index (χ1n) is 8.62. The van der Waals surface area contributed by atoms with Gasteiger partial charge in [-0.1, -0.05) is 23.2 Å². The normalized spacial score (nSPS) is 18.4. The van der Waals surface area contributed by atoms with E-state index in [1.807, 2.05) is 33.8 Å².